The summed E-state index contributed by atoms with van der Waals surface area (Å²) in [7, 11) is 0. The number of hydrogen-bond donors (Lipinski definition) is 0. The van der Waals surface area contributed by atoms with Crippen LogP contribution in [0.15, 0.2) is 24.3 Å². The third kappa shape index (κ3) is 10.2. The maximum atomic E-state index is 5.78. The van der Waals surface area contributed by atoms with Crippen LogP contribution in [0.1, 0.15) is 82.3 Å². The smallest absolute Gasteiger partial charge is 0.0716 e. The first kappa shape index (κ1) is 19.5. The molecule has 126 valence electrons. The van der Waals surface area contributed by atoms with E-state index in [9.17, 15) is 0 Å². The second-order valence-corrected chi connectivity index (χ2v) is 6.45. The SMILES string of the molecule is CCCCCCCCCCCCOCc1ccc(CCl)cc1. The molecule has 0 heterocycles. The molecule has 0 amide bonds. The minimum absolute atomic E-state index is 0.583. The molecule has 0 atom stereocenters. The van der Waals surface area contributed by atoms with Gasteiger partial charge in [-0.2, -0.15) is 0 Å². The Morgan fingerprint density at radius 3 is 1.77 bits per heavy atom. The van der Waals surface area contributed by atoms with Crippen molar-refractivity contribution in [2.75, 3.05) is 6.61 Å². The summed E-state index contributed by atoms with van der Waals surface area (Å²) in [6.07, 6.45) is 13.7. The standard InChI is InChI=1S/C20H33ClO/c1-2-3-4-5-6-7-8-9-10-11-16-22-18-20-14-12-19(17-21)13-15-20/h12-15H,2-11,16-18H2,1H3. The largest absolute Gasteiger partial charge is 0.377 e. The van der Waals surface area contributed by atoms with E-state index in [0.29, 0.717) is 5.88 Å². The topological polar surface area (TPSA) is 9.23 Å². The van der Waals surface area contributed by atoms with Crippen molar-refractivity contribution < 1.29 is 4.74 Å². The Labute approximate surface area is 142 Å². The fourth-order valence-corrected chi connectivity index (χ4v) is 2.78. The van der Waals surface area contributed by atoms with Gasteiger partial charge in [-0.1, -0.05) is 89.0 Å². The van der Waals surface area contributed by atoms with Crippen LogP contribution >= 0.6 is 11.6 Å². The molecule has 0 aliphatic carbocycles. The highest BCUT2D eigenvalue weighted by Crippen LogP contribution is 2.11. The summed E-state index contributed by atoms with van der Waals surface area (Å²) in [6, 6.07) is 8.37. The van der Waals surface area contributed by atoms with Gasteiger partial charge in [-0.05, 0) is 17.5 Å². The third-order valence-corrected chi connectivity index (χ3v) is 4.40. The summed E-state index contributed by atoms with van der Waals surface area (Å²) in [5, 5.41) is 0. The molecule has 1 rings (SSSR count). The van der Waals surface area contributed by atoms with Gasteiger partial charge >= 0.3 is 0 Å². The fourth-order valence-electron chi connectivity index (χ4n) is 2.61. The Morgan fingerprint density at radius 1 is 0.727 bits per heavy atom. The van der Waals surface area contributed by atoms with E-state index in [1.54, 1.807) is 0 Å². The molecule has 0 aliphatic rings. The Morgan fingerprint density at radius 2 is 1.23 bits per heavy atom. The molecular formula is C20H33ClO. The first-order valence-electron chi connectivity index (χ1n) is 9.08. The fraction of sp³-hybridized carbons (Fsp3) is 0.700. The van der Waals surface area contributed by atoms with Gasteiger partial charge in [0, 0.05) is 12.5 Å². The number of unbranched alkanes of at least 4 members (excludes halogenated alkanes) is 9. The Hall–Kier alpha value is -0.530. The molecule has 1 aromatic rings. The van der Waals surface area contributed by atoms with Gasteiger partial charge in [-0.25, -0.2) is 0 Å². The van der Waals surface area contributed by atoms with Crippen molar-refractivity contribution in [2.24, 2.45) is 0 Å². The summed E-state index contributed by atoms with van der Waals surface area (Å²) >= 11 is 5.78. The lowest BCUT2D eigenvalue weighted by molar-refractivity contribution is 0.116. The van der Waals surface area contributed by atoms with E-state index in [2.05, 4.69) is 31.2 Å². The Bertz CT molecular complexity index is 347. The van der Waals surface area contributed by atoms with E-state index in [0.717, 1.165) is 13.2 Å². The molecule has 0 unspecified atom stereocenters. The van der Waals surface area contributed by atoms with Gasteiger partial charge in [-0.15, -0.1) is 11.6 Å². The van der Waals surface area contributed by atoms with E-state index < -0.39 is 0 Å². The van der Waals surface area contributed by atoms with Crippen LogP contribution in [0.3, 0.4) is 0 Å². The highest BCUT2D eigenvalue weighted by molar-refractivity contribution is 6.17. The van der Waals surface area contributed by atoms with Crippen LogP contribution in [0.25, 0.3) is 0 Å². The molecule has 0 fully saturated rings. The molecule has 1 aromatic carbocycles. The average molecular weight is 325 g/mol. The van der Waals surface area contributed by atoms with E-state index in [-0.39, 0.29) is 0 Å². The van der Waals surface area contributed by atoms with E-state index >= 15 is 0 Å². The van der Waals surface area contributed by atoms with E-state index in [1.165, 1.54) is 75.3 Å². The summed E-state index contributed by atoms with van der Waals surface area (Å²) in [5.41, 5.74) is 2.40. The highest BCUT2D eigenvalue weighted by atomic mass is 35.5. The van der Waals surface area contributed by atoms with Crippen molar-refractivity contribution in [1.29, 1.82) is 0 Å². The molecule has 0 saturated heterocycles. The van der Waals surface area contributed by atoms with Crippen LogP contribution in [-0.4, -0.2) is 6.61 Å². The van der Waals surface area contributed by atoms with Crippen LogP contribution in [0.5, 0.6) is 0 Å². The van der Waals surface area contributed by atoms with Crippen LogP contribution in [-0.2, 0) is 17.2 Å². The summed E-state index contributed by atoms with van der Waals surface area (Å²) < 4.78 is 5.73. The van der Waals surface area contributed by atoms with Crippen LogP contribution < -0.4 is 0 Å². The summed E-state index contributed by atoms with van der Waals surface area (Å²) in [6.45, 7) is 3.88. The van der Waals surface area contributed by atoms with Gasteiger partial charge in [0.25, 0.3) is 0 Å². The van der Waals surface area contributed by atoms with Crippen molar-refractivity contribution in [1.82, 2.24) is 0 Å². The molecule has 0 spiro atoms. The van der Waals surface area contributed by atoms with Crippen LogP contribution in [0, 0.1) is 0 Å². The molecular weight excluding hydrogens is 292 g/mol. The predicted molar refractivity (Wildman–Crippen MR) is 97.5 cm³/mol. The van der Waals surface area contributed by atoms with Gasteiger partial charge in [0.05, 0.1) is 6.61 Å². The van der Waals surface area contributed by atoms with Gasteiger partial charge in [0.15, 0.2) is 0 Å². The minimum atomic E-state index is 0.583. The number of ether oxygens (including phenoxy) is 1. The van der Waals surface area contributed by atoms with Crippen LogP contribution in [0.2, 0.25) is 0 Å². The first-order valence-corrected chi connectivity index (χ1v) is 9.61. The summed E-state index contributed by atoms with van der Waals surface area (Å²) in [4.78, 5) is 0. The van der Waals surface area contributed by atoms with Crippen molar-refractivity contribution in [3.05, 3.63) is 35.4 Å². The predicted octanol–water partition coefficient (Wildman–Crippen LogP) is 6.86. The van der Waals surface area contributed by atoms with Crippen molar-refractivity contribution in [3.8, 4) is 0 Å². The van der Waals surface area contributed by atoms with Gasteiger partial charge in [-0.3, -0.25) is 0 Å². The molecule has 0 N–H and O–H groups in total. The quantitative estimate of drug-likeness (QED) is 0.268. The monoisotopic (exact) mass is 324 g/mol. The highest BCUT2D eigenvalue weighted by Gasteiger charge is 1.96. The molecule has 22 heavy (non-hydrogen) atoms. The molecule has 1 nitrogen and oxygen atoms in total. The lowest BCUT2D eigenvalue weighted by atomic mass is 10.1. The molecule has 0 radical (unpaired) electrons. The zero-order valence-electron chi connectivity index (χ0n) is 14.3. The average Bonchev–Trinajstić information content (AvgIpc) is 2.56. The second kappa shape index (κ2) is 14.1. The number of rotatable bonds is 14. The lowest BCUT2D eigenvalue weighted by Gasteiger charge is -2.05. The number of halogens is 1. The van der Waals surface area contributed by atoms with Crippen molar-refractivity contribution >= 4 is 11.6 Å². The van der Waals surface area contributed by atoms with Crippen LogP contribution in [0.4, 0.5) is 0 Å². The molecule has 0 aliphatic heterocycles. The van der Waals surface area contributed by atoms with Gasteiger partial charge in [0.1, 0.15) is 0 Å². The third-order valence-electron chi connectivity index (χ3n) is 4.09. The maximum absolute atomic E-state index is 5.78. The molecule has 2 heteroatoms. The van der Waals surface area contributed by atoms with E-state index in [4.69, 9.17) is 16.3 Å². The summed E-state index contributed by atoms with van der Waals surface area (Å²) in [5.74, 6) is 0.583. The van der Waals surface area contributed by atoms with Gasteiger partial charge < -0.3 is 4.74 Å². The minimum Gasteiger partial charge on any atom is -0.377 e. The van der Waals surface area contributed by atoms with Crippen molar-refractivity contribution in [3.63, 3.8) is 0 Å². The normalized spacial score (nSPS) is 11.0. The van der Waals surface area contributed by atoms with Crippen molar-refractivity contribution in [2.45, 2.75) is 83.6 Å². The number of benzene rings is 1. The second-order valence-electron chi connectivity index (χ2n) is 6.18. The number of alkyl halides is 1. The Balaban J connectivity index is 1.85. The molecule has 0 saturated carbocycles. The molecule has 0 bridgehead atoms. The maximum Gasteiger partial charge on any atom is 0.0716 e. The number of hydrogen-bond acceptors (Lipinski definition) is 1. The first-order chi connectivity index (χ1) is 10.9. The zero-order valence-corrected chi connectivity index (χ0v) is 15.0. The zero-order chi connectivity index (χ0) is 15.9. The lowest BCUT2D eigenvalue weighted by Crippen LogP contribution is -1.96. The Kier molecular flexibility index (Phi) is 12.5. The molecule has 0 aromatic heterocycles. The van der Waals surface area contributed by atoms with E-state index in [1.807, 2.05) is 0 Å². The van der Waals surface area contributed by atoms with Gasteiger partial charge in [0.2, 0.25) is 0 Å².